The van der Waals surface area contributed by atoms with Gasteiger partial charge in [-0.05, 0) is 24.6 Å². The molecule has 0 radical (unpaired) electrons. The predicted octanol–water partition coefficient (Wildman–Crippen LogP) is 4.81. The minimum absolute atomic E-state index is 0.0394. The first kappa shape index (κ1) is 21.6. The van der Waals surface area contributed by atoms with E-state index in [1.807, 2.05) is 4.90 Å². The minimum Gasteiger partial charge on any atom is -0.449 e. The summed E-state index contributed by atoms with van der Waals surface area (Å²) in [5.74, 6) is -3.22. The molecule has 1 unspecified atom stereocenters. The number of halogens is 3. The standard InChI is InChI=1S/C20H22F3NO4S/c21-16-5-3-15(4-6-16)20(22,23)8-11-29-18-17(28-19(25)26)2-1-9-24(18)12-14-7-10-27-13-14/h1-6,14H,7-13H2,(H,25,26). The van der Waals surface area contributed by atoms with Gasteiger partial charge in [-0.3, -0.25) is 0 Å². The lowest BCUT2D eigenvalue weighted by Crippen LogP contribution is -2.32. The summed E-state index contributed by atoms with van der Waals surface area (Å²) in [4.78, 5) is 13.0. The second kappa shape index (κ2) is 9.58. The molecule has 2 heterocycles. The highest BCUT2D eigenvalue weighted by atomic mass is 32.2. The highest BCUT2D eigenvalue weighted by molar-refractivity contribution is 8.03. The monoisotopic (exact) mass is 429 g/mol. The molecule has 1 aromatic rings. The van der Waals surface area contributed by atoms with Gasteiger partial charge in [0.15, 0.2) is 5.76 Å². The zero-order chi connectivity index (χ0) is 20.9. The van der Waals surface area contributed by atoms with Crippen LogP contribution < -0.4 is 0 Å². The summed E-state index contributed by atoms with van der Waals surface area (Å²) in [7, 11) is 0. The Morgan fingerprint density at radius 1 is 1.34 bits per heavy atom. The van der Waals surface area contributed by atoms with Crippen molar-refractivity contribution in [1.82, 2.24) is 4.90 Å². The number of nitrogens with zero attached hydrogens (tertiary/aromatic N) is 1. The first-order valence-corrected chi connectivity index (χ1v) is 10.2. The van der Waals surface area contributed by atoms with E-state index in [4.69, 9.17) is 14.6 Å². The first-order chi connectivity index (χ1) is 13.8. The number of rotatable bonds is 8. The van der Waals surface area contributed by atoms with E-state index in [-0.39, 0.29) is 17.1 Å². The molecule has 0 aromatic heterocycles. The van der Waals surface area contributed by atoms with Gasteiger partial charge in [-0.1, -0.05) is 18.2 Å². The number of ether oxygens (including phenoxy) is 2. The molecule has 1 N–H and O–H groups in total. The molecule has 9 heteroatoms. The summed E-state index contributed by atoms with van der Waals surface area (Å²) in [5, 5.41) is 9.52. The molecule has 1 aromatic carbocycles. The molecule has 0 amide bonds. The molecular formula is C20H22F3NO4S. The maximum atomic E-state index is 14.5. The van der Waals surface area contributed by atoms with E-state index in [0.717, 1.165) is 42.4 Å². The van der Waals surface area contributed by atoms with Gasteiger partial charge in [0.25, 0.3) is 5.92 Å². The van der Waals surface area contributed by atoms with Gasteiger partial charge in [0.2, 0.25) is 0 Å². The summed E-state index contributed by atoms with van der Waals surface area (Å²) >= 11 is 1.13. The van der Waals surface area contributed by atoms with Gasteiger partial charge < -0.3 is 19.5 Å². The van der Waals surface area contributed by atoms with Crippen LogP contribution in [-0.4, -0.2) is 48.2 Å². The summed E-state index contributed by atoms with van der Waals surface area (Å²) in [6, 6.07) is 4.17. The number of benzene rings is 1. The molecule has 0 bridgehead atoms. The lowest BCUT2D eigenvalue weighted by Gasteiger charge is -2.31. The quantitative estimate of drug-likeness (QED) is 0.599. The van der Waals surface area contributed by atoms with Crippen LogP contribution >= 0.6 is 11.8 Å². The second-order valence-electron chi connectivity index (χ2n) is 6.88. The van der Waals surface area contributed by atoms with Gasteiger partial charge in [0.05, 0.1) is 6.61 Å². The number of thioether (sulfide) groups is 1. The van der Waals surface area contributed by atoms with Crippen LogP contribution in [0.5, 0.6) is 0 Å². The maximum absolute atomic E-state index is 14.5. The number of alkyl halides is 2. The fraction of sp³-hybridized carbons (Fsp3) is 0.450. The van der Waals surface area contributed by atoms with Crippen LogP contribution in [0.3, 0.4) is 0 Å². The molecule has 0 spiro atoms. The Kier molecular flexibility index (Phi) is 7.13. The third kappa shape index (κ3) is 5.93. The Bertz CT molecular complexity index is 776. The van der Waals surface area contributed by atoms with Crippen LogP contribution in [0.4, 0.5) is 18.0 Å². The fourth-order valence-electron chi connectivity index (χ4n) is 3.24. The minimum atomic E-state index is -3.12. The van der Waals surface area contributed by atoms with Crippen molar-refractivity contribution in [2.75, 3.05) is 32.1 Å². The zero-order valence-corrected chi connectivity index (χ0v) is 16.5. The fourth-order valence-corrected chi connectivity index (χ4v) is 4.38. The SMILES string of the molecule is O=C(O)OC1=C(SCCC(F)(F)c2ccc(F)cc2)N(CC2CCOC2)CC=C1. The second-order valence-corrected chi connectivity index (χ2v) is 7.97. The van der Waals surface area contributed by atoms with Gasteiger partial charge >= 0.3 is 6.16 Å². The summed E-state index contributed by atoms with van der Waals surface area (Å²) in [5.41, 5.74) is -0.251. The number of carbonyl (C=O) groups is 1. The Hall–Kier alpha value is -2.13. The highest BCUT2D eigenvalue weighted by Gasteiger charge is 2.32. The first-order valence-electron chi connectivity index (χ1n) is 9.26. The Morgan fingerprint density at radius 3 is 2.76 bits per heavy atom. The van der Waals surface area contributed by atoms with Crippen molar-refractivity contribution in [2.24, 2.45) is 5.92 Å². The van der Waals surface area contributed by atoms with Crippen molar-refractivity contribution in [1.29, 1.82) is 0 Å². The van der Waals surface area contributed by atoms with Crippen molar-refractivity contribution in [3.05, 3.63) is 58.6 Å². The van der Waals surface area contributed by atoms with E-state index in [1.54, 1.807) is 12.2 Å². The molecule has 0 aliphatic carbocycles. The van der Waals surface area contributed by atoms with E-state index in [9.17, 15) is 18.0 Å². The van der Waals surface area contributed by atoms with E-state index in [2.05, 4.69) is 0 Å². The van der Waals surface area contributed by atoms with Gasteiger partial charge in [-0.25, -0.2) is 18.0 Å². The van der Waals surface area contributed by atoms with E-state index >= 15 is 0 Å². The molecule has 2 aliphatic heterocycles. The topological polar surface area (TPSA) is 59.0 Å². The number of hydrogen-bond acceptors (Lipinski definition) is 5. The van der Waals surface area contributed by atoms with Crippen molar-refractivity contribution < 1.29 is 32.5 Å². The number of allylic oxidation sites excluding steroid dienone is 1. The maximum Gasteiger partial charge on any atom is 0.511 e. The third-order valence-electron chi connectivity index (χ3n) is 4.71. The van der Waals surface area contributed by atoms with Gasteiger partial charge in [-0.2, -0.15) is 0 Å². The van der Waals surface area contributed by atoms with Crippen LogP contribution in [-0.2, 0) is 15.4 Å². The van der Waals surface area contributed by atoms with Crippen LogP contribution in [0.25, 0.3) is 0 Å². The summed E-state index contributed by atoms with van der Waals surface area (Å²) in [6.07, 6.45) is 2.31. The van der Waals surface area contributed by atoms with Gasteiger partial charge in [0, 0.05) is 43.4 Å². The van der Waals surface area contributed by atoms with Gasteiger partial charge in [0.1, 0.15) is 10.8 Å². The van der Waals surface area contributed by atoms with E-state index < -0.39 is 24.3 Å². The lowest BCUT2D eigenvalue weighted by molar-refractivity contribution is -0.00708. The van der Waals surface area contributed by atoms with Crippen molar-refractivity contribution in [3.8, 4) is 0 Å². The zero-order valence-electron chi connectivity index (χ0n) is 15.7. The van der Waals surface area contributed by atoms with Crippen LogP contribution in [0.1, 0.15) is 18.4 Å². The Morgan fingerprint density at radius 2 is 2.10 bits per heavy atom. The average molecular weight is 429 g/mol. The molecular weight excluding hydrogens is 407 g/mol. The molecule has 158 valence electrons. The van der Waals surface area contributed by atoms with E-state index in [0.29, 0.717) is 37.3 Å². The smallest absolute Gasteiger partial charge is 0.449 e. The summed E-state index contributed by atoms with van der Waals surface area (Å²) < 4.78 is 52.1. The van der Waals surface area contributed by atoms with Crippen molar-refractivity contribution in [2.45, 2.75) is 18.8 Å². The Labute approximate surface area is 171 Å². The number of hydrogen-bond donors (Lipinski definition) is 1. The predicted molar refractivity (Wildman–Crippen MR) is 103 cm³/mol. The van der Waals surface area contributed by atoms with E-state index in [1.165, 1.54) is 0 Å². The molecule has 1 fully saturated rings. The molecule has 3 rings (SSSR count). The average Bonchev–Trinajstić information content (AvgIpc) is 3.17. The molecule has 29 heavy (non-hydrogen) atoms. The van der Waals surface area contributed by atoms with Crippen LogP contribution in [0, 0.1) is 11.7 Å². The van der Waals surface area contributed by atoms with Crippen LogP contribution in [0.15, 0.2) is 47.2 Å². The van der Waals surface area contributed by atoms with Crippen LogP contribution in [0.2, 0.25) is 0 Å². The normalized spacial score (nSPS) is 19.7. The summed E-state index contributed by atoms with van der Waals surface area (Å²) in [6.45, 7) is 2.48. The Balaban J connectivity index is 1.68. The molecule has 5 nitrogen and oxygen atoms in total. The highest BCUT2D eigenvalue weighted by Crippen LogP contribution is 2.37. The van der Waals surface area contributed by atoms with Crippen molar-refractivity contribution >= 4 is 17.9 Å². The molecule has 1 saturated heterocycles. The number of carboxylic acid groups (broad SMARTS) is 1. The largest absolute Gasteiger partial charge is 0.511 e. The molecule has 1 atom stereocenters. The van der Waals surface area contributed by atoms with Crippen molar-refractivity contribution in [3.63, 3.8) is 0 Å². The lowest BCUT2D eigenvalue weighted by atomic mass is 10.1. The van der Waals surface area contributed by atoms with Gasteiger partial charge in [-0.15, -0.1) is 11.8 Å². The third-order valence-corrected chi connectivity index (χ3v) is 5.86. The molecule has 2 aliphatic rings. The molecule has 0 saturated carbocycles.